The van der Waals surface area contributed by atoms with E-state index in [-0.39, 0.29) is 5.91 Å². The molecule has 2 aliphatic rings. The third kappa shape index (κ3) is 1.92. The lowest BCUT2D eigenvalue weighted by Crippen LogP contribution is -2.05. The monoisotopic (exact) mass is 308 g/mol. The number of hydrogen-bond acceptors (Lipinski definition) is 2. The highest BCUT2D eigenvalue weighted by atomic mass is 35.5. The summed E-state index contributed by atoms with van der Waals surface area (Å²) in [5.41, 5.74) is 4.34. The first-order valence-corrected chi connectivity index (χ1v) is 7.64. The van der Waals surface area contributed by atoms with Gasteiger partial charge in [-0.2, -0.15) is 5.26 Å². The first-order valence-electron chi connectivity index (χ1n) is 7.26. The molecule has 0 atom stereocenters. The predicted molar refractivity (Wildman–Crippen MR) is 85.7 cm³/mol. The average molecular weight is 309 g/mol. The highest BCUT2D eigenvalue weighted by Gasteiger charge is 2.46. The molecule has 0 radical (unpaired) electrons. The molecule has 4 rings (SSSR count). The van der Waals surface area contributed by atoms with Crippen LogP contribution in [0.3, 0.4) is 0 Å². The summed E-state index contributed by atoms with van der Waals surface area (Å²) in [6.07, 6.45) is 2.15. The lowest BCUT2D eigenvalue weighted by Gasteiger charge is -2.16. The Balaban J connectivity index is 1.89. The fourth-order valence-corrected chi connectivity index (χ4v) is 3.45. The molecule has 1 N–H and O–H groups in total. The Labute approximate surface area is 133 Å². The van der Waals surface area contributed by atoms with Gasteiger partial charge < -0.3 is 5.32 Å². The number of rotatable bonds is 2. The Morgan fingerprint density at radius 1 is 1.23 bits per heavy atom. The molecule has 2 aromatic rings. The second kappa shape index (κ2) is 4.59. The van der Waals surface area contributed by atoms with Gasteiger partial charge in [-0.15, -0.1) is 0 Å². The Morgan fingerprint density at radius 3 is 2.77 bits per heavy atom. The topological polar surface area (TPSA) is 52.9 Å². The number of halogens is 1. The van der Waals surface area contributed by atoms with Crippen molar-refractivity contribution in [1.82, 2.24) is 0 Å². The van der Waals surface area contributed by atoms with Crippen LogP contribution in [0, 0.1) is 11.3 Å². The second-order valence-corrected chi connectivity index (χ2v) is 6.36. The molecule has 108 valence electrons. The maximum absolute atomic E-state index is 11.5. The predicted octanol–water partition coefficient (Wildman–Crippen LogP) is 4.06. The van der Waals surface area contributed by atoms with Crippen molar-refractivity contribution < 1.29 is 4.79 Å². The summed E-state index contributed by atoms with van der Waals surface area (Å²) >= 11 is 6.44. The van der Waals surface area contributed by atoms with Crippen LogP contribution >= 0.6 is 11.6 Å². The molecule has 22 heavy (non-hydrogen) atoms. The fraction of sp³-hybridized carbons (Fsp3) is 0.222. The summed E-state index contributed by atoms with van der Waals surface area (Å²) in [7, 11) is 0. The van der Waals surface area contributed by atoms with Crippen molar-refractivity contribution in [2.45, 2.75) is 24.7 Å². The molecule has 3 nitrogen and oxygen atoms in total. The first-order chi connectivity index (χ1) is 10.6. The van der Waals surface area contributed by atoms with Crippen LogP contribution < -0.4 is 5.32 Å². The zero-order valence-electron chi connectivity index (χ0n) is 11.8. The van der Waals surface area contributed by atoms with Crippen LogP contribution in [-0.2, 0) is 16.6 Å². The van der Waals surface area contributed by atoms with E-state index in [4.69, 9.17) is 11.6 Å². The fourth-order valence-electron chi connectivity index (χ4n) is 3.17. The van der Waals surface area contributed by atoms with E-state index in [9.17, 15) is 10.1 Å². The van der Waals surface area contributed by atoms with E-state index in [1.54, 1.807) is 0 Å². The van der Waals surface area contributed by atoms with Gasteiger partial charge in [0.25, 0.3) is 0 Å². The number of fused-ring (bicyclic) bond motifs is 1. The zero-order valence-corrected chi connectivity index (χ0v) is 12.6. The first kappa shape index (κ1) is 13.4. The van der Waals surface area contributed by atoms with Gasteiger partial charge in [-0.25, -0.2) is 0 Å². The van der Waals surface area contributed by atoms with Gasteiger partial charge in [0.05, 0.1) is 17.9 Å². The zero-order chi connectivity index (χ0) is 15.3. The van der Waals surface area contributed by atoms with Crippen molar-refractivity contribution in [3.8, 4) is 17.2 Å². The van der Waals surface area contributed by atoms with Crippen LogP contribution in [0.4, 0.5) is 5.69 Å². The summed E-state index contributed by atoms with van der Waals surface area (Å²) in [5, 5.41) is 13.0. The lowest BCUT2D eigenvalue weighted by atomic mass is 9.88. The van der Waals surface area contributed by atoms with E-state index in [0.29, 0.717) is 11.4 Å². The molecule has 0 aromatic heterocycles. The number of nitrogens with zero attached hydrogens (tertiary/aromatic N) is 1. The van der Waals surface area contributed by atoms with Gasteiger partial charge in [0.15, 0.2) is 0 Å². The number of carbonyl (C=O) groups excluding carboxylic acids is 1. The van der Waals surface area contributed by atoms with Crippen LogP contribution in [0.25, 0.3) is 11.1 Å². The number of nitriles is 1. The molecule has 1 heterocycles. The highest BCUT2D eigenvalue weighted by molar-refractivity contribution is 6.33. The smallest absolute Gasteiger partial charge is 0.228 e. The minimum atomic E-state index is -0.396. The Hall–Kier alpha value is -2.31. The number of benzene rings is 2. The molecule has 1 fully saturated rings. The van der Waals surface area contributed by atoms with Crippen LogP contribution in [0.1, 0.15) is 24.0 Å². The summed E-state index contributed by atoms with van der Waals surface area (Å²) in [6, 6.07) is 14.1. The van der Waals surface area contributed by atoms with E-state index < -0.39 is 5.41 Å². The van der Waals surface area contributed by atoms with Crippen LogP contribution in [0.5, 0.6) is 0 Å². The SMILES string of the molecule is N#CC1(c2cccc(Cl)c2-c2ccc3c(c2)CC(=O)N3)CC1. The normalized spacial score (nSPS) is 17.5. The maximum atomic E-state index is 11.5. The average Bonchev–Trinajstić information content (AvgIpc) is 3.22. The van der Waals surface area contributed by atoms with Crippen molar-refractivity contribution in [1.29, 1.82) is 5.26 Å². The van der Waals surface area contributed by atoms with Gasteiger partial charge in [-0.05, 0) is 47.7 Å². The molecule has 1 aliphatic carbocycles. The molecule has 0 unspecified atom stereocenters. The van der Waals surface area contributed by atoms with E-state index >= 15 is 0 Å². The van der Waals surface area contributed by atoms with E-state index in [0.717, 1.165) is 40.8 Å². The molecule has 0 saturated heterocycles. The molecule has 0 spiro atoms. The van der Waals surface area contributed by atoms with E-state index in [1.165, 1.54) is 0 Å². The number of anilines is 1. The van der Waals surface area contributed by atoms with Crippen molar-refractivity contribution in [2.24, 2.45) is 0 Å². The van der Waals surface area contributed by atoms with Crippen LogP contribution in [-0.4, -0.2) is 5.91 Å². The summed E-state index contributed by atoms with van der Waals surface area (Å²) in [4.78, 5) is 11.5. The molecule has 1 aliphatic heterocycles. The molecule has 0 bridgehead atoms. The molecule has 1 amide bonds. The summed E-state index contributed by atoms with van der Waals surface area (Å²) < 4.78 is 0. The summed E-state index contributed by atoms with van der Waals surface area (Å²) in [5.74, 6) is 0.0159. The second-order valence-electron chi connectivity index (χ2n) is 5.95. The minimum absolute atomic E-state index is 0.0159. The third-order valence-electron chi connectivity index (χ3n) is 4.51. The van der Waals surface area contributed by atoms with Crippen LogP contribution in [0.2, 0.25) is 5.02 Å². The van der Waals surface area contributed by atoms with E-state index in [1.807, 2.05) is 36.4 Å². The quantitative estimate of drug-likeness (QED) is 0.909. The summed E-state index contributed by atoms with van der Waals surface area (Å²) in [6.45, 7) is 0. The number of nitrogens with one attached hydrogen (secondary N) is 1. The Kier molecular flexibility index (Phi) is 2.79. The molecular weight excluding hydrogens is 296 g/mol. The molecule has 1 saturated carbocycles. The third-order valence-corrected chi connectivity index (χ3v) is 4.83. The van der Waals surface area contributed by atoms with Gasteiger partial charge >= 0.3 is 0 Å². The lowest BCUT2D eigenvalue weighted by molar-refractivity contribution is -0.115. The van der Waals surface area contributed by atoms with Crippen LogP contribution in [0.15, 0.2) is 36.4 Å². The molecule has 2 aromatic carbocycles. The molecular formula is C18H13ClN2O. The van der Waals surface area contributed by atoms with Crippen molar-refractivity contribution >= 4 is 23.2 Å². The minimum Gasteiger partial charge on any atom is -0.326 e. The molecule has 4 heteroatoms. The number of carbonyl (C=O) groups is 1. The van der Waals surface area contributed by atoms with Crippen molar-refractivity contribution in [3.05, 3.63) is 52.5 Å². The van der Waals surface area contributed by atoms with E-state index in [2.05, 4.69) is 11.4 Å². The number of hydrogen-bond donors (Lipinski definition) is 1. The van der Waals surface area contributed by atoms with Gasteiger partial charge in [-0.3, -0.25) is 4.79 Å². The maximum Gasteiger partial charge on any atom is 0.228 e. The Bertz CT molecular complexity index is 847. The van der Waals surface area contributed by atoms with Gasteiger partial charge in [0.2, 0.25) is 5.91 Å². The van der Waals surface area contributed by atoms with Gasteiger partial charge in [-0.1, -0.05) is 29.8 Å². The number of amides is 1. The van der Waals surface area contributed by atoms with Crippen molar-refractivity contribution in [3.63, 3.8) is 0 Å². The highest BCUT2D eigenvalue weighted by Crippen LogP contribution is 2.52. The van der Waals surface area contributed by atoms with Gasteiger partial charge in [0, 0.05) is 16.3 Å². The standard InChI is InChI=1S/C18H13ClN2O/c19-14-3-1-2-13(18(10-20)6-7-18)17(14)11-4-5-15-12(8-11)9-16(22)21-15/h1-5,8H,6-7,9H2,(H,21,22). The Morgan fingerprint density at radius 2 is 2.05 bits per heavy atom. The largest absolute Gasteiger partial charge is 0.326 e. The van der Waals surface area contributed by atoms with Gasteiger partial charge in [0.1, 0.15) is 0 Å². The van der Waals surface area contributed by atoms with Crippen molar-refractivity contribution in [2.75, 3.05) is 5.32 Å².